The van der Waals surface area contributed by atoms with Crippen molar-refractivity contribution in [1.82, 2.24) is 4.98 Å². The van der Waals surface area contributed by atoms with E-state index in [0.29, 0.717) is 11.9 Å². The van der Waals surface area contributed by atoms with Gasteiger partial charge in [0.25, 0.3) is 5.78 Å². The molecule has 0 bridgehead atoms. The molecular weight excluding hydrogens is 221 g/mol. The average Bonchev–Trinajstić information content (AvgIpc) is 2.17. The van der Waals surface area contributed by atoms with Crippen LogP contribution in [-0.4, -0.2) is 16.9 Å². The maximum Gasteiger partial charge on any atom is 0.454 e. The predicted molar refractivity (Wildman–Crippen MR) is 52.7 cm³/mol. The molecule has 0 amide bonds. The van der Waals surface area contributed by atoms with Gasteiger partial charge in [0, 0.05) is 18.0 Å². The van der Waals surface area contributed by atoms with Crippen molar-refractivity contribution < 1.29 is 18.0 Å². The number of carbonyl (C=O) groups excluding carboxylic acids is 1. The van der Waals surface area contributed by atoms with Gasteiger partial charge in [-0.25, -0.2) is 4.98 Å². The number of anilines is 1. The molecule has 1 rings (SSSR count). The normalized spacial score (nSPS) is 12.4. The van der Waals surface area contributed by atoms with Crippen molar-refractivity contribution in [3.63, 3.8) is 0 Å². The highest BCUT2D eigenvalue weighted by atomic mass is 19.4. The number of halogens is 3. The molecule has 1 aromatic rings. The Balaban J connectivity index is 2.70. The third kappa shape index (κ3) is 3.72. The number of nitrogens with zero attached hydrogens (tertiary/aromatic N) is 1. The molecule has 16 heavy (non-hydrogen) atoms. The SMILES string of the molecule is C/C(=C\C(=O)C(F)(F)F)Nc1ccccn1. The number of alkyl halides is 3. The maximum atomic E-state index is 11.9. The zero-order valence-electron chi connectivity index (χ0n) is 8.38. The van der Waals surface area contributed by atoms with Gasteiger partial charge >= 0.3 is 6.18 Å². The number of rotatable bonds is 3. The van der Waals surface area contributed by atoms with Crippen molar-refractivity contribution in [2.24, 2.45) is 0 Å². The first-order valence-corrected chi connectivity index (χ1v) is 4.37. The number of pyridine rings is 1. The predicted octanol–water partition coefficient (Wildman–Crippen LogP) is 2.53. The quantitative estimate of drug-likeness (QED) is 0.811. The van der Waals surface area contributed by atoms with Crippen LogP contribution >= 0.6 is 0 Å². The second-order valence-electron chi connectivity index (χ2n) is 3.03. The zero-order valence-corrected chi connectivity index (χ0v) is 8.38. The molecule has 6 heteroatoms. The highest BCUT2D eigenvalue weighted by Crippen LogP contribution is 2.17. The molecule has 0 aliphatic heterocycles. The molecule has 1 N–H and O–H groups in total. The lowest BCUT2D eigenvalue weighted by molar-refractivity contribution is -0.165. The third-order valence-electron chi connectivity index (χ3n) is 1.62. The molecule has 0 saturated carbocycles. The molecule has 0 spiro atoms. The third-order valence-corrected chi connectivity index (χ3v) is 1.62. The second kappa shape index (κ2) is 4.78. The molecule has 0 saturated heterocycles. The van der Waals surface area contributed by atoms with Crippen LogP contribution in [-0.2, 0) is 4.79 Å². The van der Waals surface area contributed by atoms with Gasteiger partial charge < -0.3 is 5.32 Å². The molecular formula is C10H9F3N2O. The van der Waals surface area contributed by atoms with Gasteiger partial charge in [-0.1, -0.05) is 6.07 Å². The summed E-state index contributed by atoms with van der Waals surface area (Å²) in [5.74, 6) is -1.51. The number of nitrogens with one attached hydrogen (secondary N) is 1. The van der Waals surface area contributed by atoms with Crippen LogP contribution in [0.15, 0.2) is 36.2 Å². The van der Waals surface area contributed by atoms with E-state index in [0.717, 1.165) is 0 Å². The van der Waals surface area contributed by atoms with Crippen LogP contribution in [0.3, 0.4) is 0 Å². The fraction of sp³-hybridized carbons (Fsp3) is 0.200. The second-order valence-corrected chi connectivity index (χ2v) is 3.03. The van der Waals surface area contributed by atoms with E-state index in [9.17, 15) is 18.0 Å². The van der Waals surface area contributed by atoms with E-state index in [1.807, 2.05) is 0 Å². The fourth-order valence-electron chi connectivity index (χ4n) is 0.953. The largest absolute Gasteiger partial charge is 0.454 e. The minimum absolute atomic E-state index is 0.0843. The first-order valence-electron chi connectivity index (χ1n) is 4.37. The van der Waals surface area contributed by atoms with Gasteiger partial charge in [0.15, 0.2) is 0 Å². The highest BCUT2D eigenvalue weighted by Gasteiger charge is 2.36. The molecule has 0 unspecified atom stereocenters. The van der Waals surface area contributed by atoms with Gasteiger partial charge in [0.05, 0.1) is 0 Å². The summed E-state index contributed by atoms with van der Waals surface area (Å²) < 4.78 is 35.7. The summed E-state index contributed by atoms with van der Waals surface area (Å²) in [5, 5.41) is 2.57. The standard InChI is InChI=1S/C10H9F3N2O/c1-7(6-8(16)10(11,12)13)15-9-4-2-3-5-14-9/h2-6H,1H3,(H,14,15)/b7-6+. The highest BCUT2D eigenvalue weighted by molar-refractivity contribution is 5.95. The van der Waals surface area contributed by atoms with Crippen LogP contribution in [0.2, 0.25) is 0 Å². The zero-order chi connectivity index (χ0) is 12.2. The number of hydrogen-bond donors (Lipinski definition) is 1. The minimum Gasteiger partial charge on any atom is -0.344 e. The lowest BCUT2D eigenvalue weighted by atomic mass is 10.3. The smallest absolute Gasteiger partial charge is 0.344 e. The van der Waals surface area contributed by atoms with Crippen molar-refractivity contribution in [3.8, 4) is 0 Å². The maximum absolute atomic E-state index is 11.9. The van der Waals surface area contributed by atoms with Crippen molar-refractivity contribution in [3.05, 3.63) is 36.2 Å². The van der Waals surface area contributed by atoms with Crippen molar-refractivity contribution in [1.29, 1.82) is 0 Å². The minimum atomic E-state index is -4.84. The Morgan fingerprint density at radius 1 is 1.44 bits per heavy atom. The van der Waals surface area contributed by atoms with E-state index in [4.69, 9.17) is 0 Å². The number of aromatic nitrogens is 1. The molecule has 1 aromatic heterocycles. The number of hydrogen-bond acceptors (Lipinski definition) is 3. The Hall–Kier alpha value is -1.85. The summed E-state index contributed by atoms with van der Waals surface area (Å²) in [7, 11) is 0. The molecule has 0 radical (unpaired) electrons. The van der Waals surface area contributed by atoms with E-state index in [-0.39, 0.29) is 5.70 Å². The molecule has 0 fully saturated rings. The van der Waals surface area contributed by atoms with E-state index >= 15 is 0 Å². The van der Waals surface area contributed by atoms with Crippen molar-refractivity contribution >= 4 is 11.6 Å². The molecule has 0 aliphatic rings. The van der Waals surface area contributed by atoms with Crippen molar-refractivity contribution in [2.75, 3.05) is 5.32 Å². The average molecular weight is 230 g/mol. The number of carbonyl (C=O) groups is 1. The summed E-state index contributed by atoms with van der Waals surface area (Å²) in [6.07, 6.45) is -2.86. The molecule has 0 atom stereocenters. The first-order chi connectivity index (χ1) is 7.39. The van der Waals surface area contributed by atoms with E-state index in [1.54, 1.807) is 18.2 Å². The van der Waals surface area contributed by atoms with Gasteiger partial charge in [-0.15, -0.1) is 0 Å². The summed E-state index contributed by atoms with van der Waals surface area (Å²) >= 11 is 0. The van der Waals surface area contributed by atoms with Crippen molar-refractivity contribution in [2.45, 2.75) is 13.1 Å². The van der Waals surface area contributed by atoms with Gasteiger partial charge in [0.2, 0.25) is 0 Å². The summed E-state index contributed by atoms with van der Waals surface area (Å²) in [6, 6.07) is 4.93. The fourth-order valence-corrected chi connectivity index (χ4v) is 0.953. The lowest BCUT2D eigenvalue weighted by Gasteiger charge is -2.06. The monoisotopic (exact) mass is 230 g/mol. The lowest BCUT2D eigenvalue weighted by Crippen LogP contribution is -2.21. The Morgan fingerprint density at radius 3 is 2.62 bits per heavy atom. The topological polar surface area (TPSA) is 42.0 Å². The van der Waals surface area contributed by atoms with Gasteiger partial charge in [-0.2, -0.15) is 13.2 Å². The molecule has 3 nitrogen and oxygen atoms in total. The Labute approximate surface area is 90.0 Å². The Bertz CT molecular complexity index is 398. The van der Waals surface area contributed by atoms with Gasteiger partial charge in [-0.3, -0.25) is 4.79 Å². The Kier molecular flexibility index (Phi) is 3.65. The molecule has 1 heterocycles. The van der Waals surface area contributed by atoms with Gasteiger partial charge in [-0.05, 0) is 19.1 Å². The molecule has 0 aromatic carbocycles. The molecule has 86 valence electrons. The first kappa shape index (κ1) is 12.2. The van der Waals surface area contributed by atoms with Gasteiger partial charge in [0.1, 0.15) is 5.82 Å². The van der Waals surface area contributed by atoms with E-state index in [1.165, 1.54) is 13.1 Å². The van der Waals surface area contributed by atoms with Crippen LogP contribution in [0.25, 0.3) is 0 Å². The van der Waals surface area contributed by atoms with Crippen LogP contribution in [0.1, 0.15) is 6.92 Å². The number of allylic oxidation sites excluding steroid dienone is 2. The summed E-state index contributed by atoms with van der Waals surface area (Å²) in [5.41, 5.74) is 0.0843. The summed E-state index contributed by atoms with van der Waals surface area (Å²) in [6.45, 7) is 1.36. The number of ketones is 1. The molecule has 0 aliphatic carbocycles. The van der Waals surface area contributed by atoms with Crippen LogP contribution < -0.4 is 5.32 Å². The van der Waals surface area contributed by atoms with Crippen LogP contribution in [0.5, 0.6) is 0 Å². The van der Waals surface area contributed by atoms with Crippen LogP contribution in [0.4, 0.5) is 19.0 Å². The van der Waals surface area contributed by atoms with Crippen LogP contribution in [0, 0.1) is 0 Å². The Morgan fingerprint density at radius 2 is 2.12 bits per heavy atom. The summed E-state index contributed by atoms with van der Waals surface area (Å²) in [4.78, 5) is 14.4. The van der Waals surface area contributed by atoms with E-state index in [2.05, 4.69) is 10.3 Å². The van der Waals surface area contributed by atoms with E-state index < -0.39 is 12.0 Å².